The first kappa shape index (κ1) is 18.6. The van der Waals surface area contributed by atoms with E-state index in [1.165, 1.54) is 11.3 Å². The second-order valence-electron chi connectivity index (χ2n) is 8.85. The lowest BCUT2D eigenvalue weighted by Crippen LogP contribution is -2.51. The van der Waals surface area contributed by atoms with Crippen LogP contribution in [0.3, 0.4) is 0 Å². The van der Waals surface area contributed by atoms with Crippen LogP contribution in [-0.2, 0) is 11.2 Å². The van der Waals surface area contributed by atoms with Gasteiger partial charge in [0, 0.05) is 62.9 Å². The van der Waals surface area contributed by atoms with Gasteiger partial charge in [0.15, 0.2) is 0 Å². The van der Waals surface area contributed by atoms with Gasteiger partial charge < -0.3 is 14.4 Å². The molecule has 29 heavy (non-hydrogen) atoms. The highest BCUT2D eigenvalue weighted by molar-refractivity contribution is 5.78. The Bertz CT molecular complexity index is 939. The van der Waals surface area contributed by atoms with Gasteiger partial charge in [0.25, 0.3) is 5.56 Å². The predicted octanol–water partition coefficient (Wildman–Crippen LogP) is 2.67. The maximum Gasteiger partial charge on any atom is 0.251 e. The van der Waals surface area contributed by atoms with Crippen LogP contribution in [0.15, 0.2) is 53.3 Å². The summed E-state index contributed by atoms with van der Waals surface area (Å²) in [5.41, 5.74) is 2.61. The molecule has 0 N–H and O–H groups in total. The number of carbonyl (C=O) groups excluding carboxylic acids is 1. The number of pyridine rings is 1. The van der Waals surface area contributed by atoms with Crippen LogP contribution in [0.25, 0.3) is 0 Å². The number of carbonyl (C=O) groups is 1. The van der Waals surface area contributed by atoms with Crippen molar-refractivity contribution in [3.05, 3.63) is 70.1 Å². The molecule has 2 bridgehead atoms. The molecule has 3 aliphatic heterocycles. The quantitative estimate of drug-likeness (QED) is 0.787. The van der Waals surface area contributed by atoms with Gasteiger partial charge in [0.1, 0.15) is 0 Å². The number of nitrogens with zero attached hydrogens (tertiary/aromatic N) is 3. The van der Waals surface area contributed by atoms with Crippen LogP contribution < -0.4 is 5.56 Å². The Morgan fingerprint density at radius 2 is 1.79 bits per heavy atom. The van der Waals surface area contributed by atoms with Crippen molar-refractivity contribution in [2.45, 2.75) is 37.6 Å². The van der Waals surface area contributed by atoms with Crippen LogP contribution in [0.1, 0.15) is 42.5 Å². The van der Waals surface area contributed by atoms with Crippen molar-refractivity contribution >= 4 is 5.91 Å². The minimum atomic E-state index is 0.134. The fraction of sp³-hybridized carbons (Fsp3) is 0.500. The van der Waals surface area contributed by atoms with E-state index < -0.39 is 0 Å². The van der Waals surface area contributed by atoms with Gasteiger partial charge in [-0.05, 0) is 36.8 Å². The fourth-order valence-electron chi connectivity index (χ4n) is 5.64. The average molecular weight is 392 g/mol. The molecule has 2 fully saturated rings. The zero-order valence-corrected chi connectivity index (χ0v) is 16.9. The highest BCUT2D eigenvalue weighted by Gasteiger charge is 2.40. The number of benzene rings is 1. The summed E-state index contributed by atoms with van der Waals surface area (Å²) in [6.07, 6.45) is 3.76. The van der Waals surface area contributed by atoms with E-state index >= 15 is 0 Å². The molecule has 0 saturated carbocycles. The van der Waals surface area contributed by atoms with E-state index in [4.69, 9.17) is 0 Å². The van der Waals surface area contributed by atoms with E-state index in [-0.39, 0.29) is 11.6 Å². The standard InChI is InChI=1S/C24H29N3O2/c28-23-10-5-11-26(23)13-12-25-16-19-15-20(17-25)22(14-18-6-2-1-3-7-18)27-21(19)8-4-9-24(27)29/h1-4,6-9,19-20,22H,5,10-17H2/t19-,20+,22+/m1/s1. The molecule has 1 amide bonds. The van der Waals surface area contributed by atoms with Gasteiger partial charge in [-0.3, -0.25) is 9.59 Å². The van der Waals surface area contributed by atoms with Gasteiger partial charge in [0.05, 0.1) is 0 Å². The molecular weight excluding hydrogens is 362 g/mol. The lowest BCUT2D eigenvalue weighted by atomic mass is 9.76. The Morgan fingerprint density at radius 3 is 2.59 bits per heavy atom. The summed E-state index contributed by atoms with van der Waals surface area (Å²) < 4.78 is 2.09. The van der Waals surface area contributed by atoms with Crippen molar-refractivity contribution in [3.8, 4) is 0 Å². The number of hydrogen-bond donors (Lipinski definition) is 0. The molecule has 1 aromatic carbocycles. The van der Waals surface area contributed by atoms with Crippen molar-refractivity contribution in [2.24, 2.45) is 5.92 Å². The molecule has 0 radical (unpaired) electrons. The molecule has 0 spiro atoms. The van der Waals surface area contributed by atoms with Crippen molar-refractivity contribution in [2.75, 3.05) is 32.7 Å². The third kappa shape index (κ3) is 3.64. The molecule has 3 atom stereocenters. The van der Waals surface area contributed by atoms with Gasteiger partial charge in [-0.25, -0.2) is 0 Å². The normalized spacial score (nSPS) is 26.6. The molecule has 1 aromatic heterocycles. The molecular formula is C24H29N3O2. The Hall–Kier alpha value is -2.40. The first-order valence-corrected chi connectivity index (χ1v) is 10.9. The molecule has 0 aliphatic carbocycles. The topological polar surface area (TPSA) is 45.6 Å². The van der Waals surface area contributed by atoms with Crippen LogP contribution in [0.4, 0.5) is 0 Å². The average Bonchev–Trinajstić information content (AvgIpc) is 3.15. The number of amides is 1. The number of likely N-dealkylation sites (tertiary alicyclic amines) is 2. The lowest BCUT2D eigenvalue weighted by Gasteiger charge is -2.47. The molecule has 2 aromatic rings. The highest BCUT2D eigenvalue weighted by atomic mass is 16.2. The largest absolute Gasteiger partial charge is 0.341 e. The second kappa shape index (κ2) is 7.79. The molecule has 5 heteroatoms. The summed E-state index contributed by atoms with van der Waals surface area (Å²) in [7, 11) is 0. The summed E-state index contributed by atoms with van der Waals surface area (Å²) in [5.74, 6) is 1.18. The zero-order valence-electron chi connectivity index (χ0n) is 16.9. The van der Waals surface area contributed by atoms with Crippen molar-refractivity contribution < 1.29 is 4.79 Å². The van der Waals surface area contributed by atoms with Crippen LogP contribution >= 0.6 is 0 Å². The summed E-state index contributed by atoms with van der Waals surface area (Å²) in [5, 5.41) is 0. The maximum atomic E-state index is 12.8. The van der Waals surface area contributed by atoms with E-state index in [1.807, 2.05) is 17.0 Å². The van der Waals surface area contributed by atoms with Crippen LogP contribution in [0, 0.1) is 5.92 Å². The molecule has 152 valence electrons. The van der Waals surface area contributed by atoms with Gasteiger partial charge in [0.2, 0.25) is 5.91 Å². The van der Waals surface area contributed by atoms with Gasteiger partial charge in [-0.1, -0.05) is 36.4 Å². The van der Waals surface area contributed by atoms with Gasteiger partial charge in [-0.15, -0.1) is 0 Å². The Balaban J connectivity index is 1.39. The minimum Gasteiger partial charge on any atom is -0.341 e. The fourth-order valence-corrected chi connectivity index (χ4v) is 5.64. The molecule has 5 rings (SSSR count). The lowest BCUT2D eigenvalue weighted by molar-refractivity contribution is -0.127. The number of fused-ring (bicyclic) bond motifs is 4. The number of piperidine rings is 1. The third-order valence-corrected chi connectivity index (χ3v) is 7.02. The van der Waals surface area contributed by atoms with Gasteiger partial charge >= 0.3 is 0 Å². The van der Waals surface area contributed by atoms with E-state index in [1.54, 1.807) is 6.07 Å². The first-order chi connectivity index (χ1) is 14.2. The van der Waals surface area contributed by atoms with E-state index in [0.717, 1.165) is 52.0 Å². The van der Waals surface area contributed by atoms with Crippen molar-refractivity contribution in [3.63, 3.8) is 0 Å². The molecule has 3 aliphatic rings. The SMILES string of the molecule is O=C1CCCN1CCN1C[C@H]2C[C@@H](C1)[C@H](Cc1ccccc1)n1c2cccc1=O. The third-order valence-electron chi connectivity index (χ3n) is 7.02. The van der Waals surface area contributed by atoms with Gasteiger partial charge in [-0.2, -0.15) is 0 Å². The van der Waals surface area contributed by atoms with Crippen molar-refractivity contribution in [1.82, 2.24) is 14.4 Å². The second-order valence-corrected chi connectivity index (χ2v) is 8.85. The monoisotopic (exact) mass is 391 g/mol. The highest BCUT2D eigenvalue weighted by Crippen LogP contribution is 2.42. The van der Waals surface area contributed by atoms with Crippen LogP contribution in [0.2, 0.25) is 0 Å². The molecule has 5 nitrogen and oxygen atoms in total. The first-order valence-electron chi connectivity index (χ1n) is 10.9. The molecule has 4 heterocycles. The Labute approximate surface area is 171 Å². The van der Waals surface area contributed by atoms with E-state index in [9.17, 15) is 9.59 Å². The Kier molecular flexibility index (Phi) is 5.00. The zero-order chi connectivity index (χ0) is 19.8. The Morgan fingerprint density at radius 1 is 0.931 bits per heavy atom. The number of rotatable bonds is 5. The molecule has 0 unspecified atom stereocenters. The number of hydrogen-bond acceptors (Lipinski definition) is 3. The minimum absolute atomic E-state index is 0.134. The summed E-state index contributed by atoms with van der Waals surface area (Å²) >= 11 is 0. The van der Waals surface area contributed by atoms with Crippen LogP contribution in [-0.4, -0.2) is 53.0 Å². The van der Waals surface area contributed by atoms with E-state index in [0.29, 0.717) is 24.2 Å². The maximum absolute atomic E-state index is 12.8. The van der Waals surface area contributed by atoms with Crippen molar-refractivity contribution in [1.29, 1.82) is 0 Å². The smallest absolute Gasteiger partial charge is 0.251 e. The summed E-state index contributed by atoms with van der Waals surface area (Å²) in [4.78, 5) is 29.3. The summed E-state index contributed by atoms with van der Waals surface area (Å²) in [6.45, 7) is 4.68. The van der Waals surface area contributed by atoms with Crippen LogP contribution in [0.5, 0.6) is 0 Å². The molecule has 2 saturated heterocycles. The number of aromatic nitrogens is 1. The summed E-state index contributed by atoms with van der Waals surface area (Å²) in [6, 6.07) is 16.5. The predicted molar refractivity (Wildman–Crippen MR) is 113 cm³/mol. The van der Waals surface area contributed by atoms with E-state index in [2.05, 4.69) is 39.8 Å².